The first-order valence-electron chi connectivity index (χ1n) is 28.6. The summed E-state index contributed by atoms with van der Waals surface area (Å²) in [6, 6.07) is 4.94. The van der Waals surface area contributed by atoms with Crippen LogP contribution in [0.4, 0.5) is 4.39 Å². The molecule has 0 bridgehead atoms. The number of aliphatic hydroxyl groups is 4. The third-order valence-electron chi connectivity index (χ3n) is 17.8. The Labute approximate surface area is 469 Å². The molecule has 1 aromatic carbocycles. The summed E-state index contributed by atoms with van der Waals surface area (Å²) in [5.74, 6) is -2.55. The highest BCUT2D eigenvalue weighted by Crippen LogP contribution is 2.41. The van der Waals surface area contributed by atoms with E-state index in [0.29, 0.717) is 69.7 Å². The average Bonchev–Trinajstić information content (AvgIpc) is 3.88. The van der Waals surface area contributed by atoms with E-state index in [1.54, 1.807) is 65.1 Å². The number of ether oxygens (including phenoxy) is 8. The number of methoxy groups -OCH3 is 2. The van der Waals surface area contributed by atoms with Crippen molar-refractivity contribution in [3.8, 4) is 0 Å². The van der Waals surface area contributed by atoms with E-state index in [9.17, 15) is 38.0 Å². The van der Waals surface area contributed by atoms with Crippen molar-refractivity contribution in [3.05, 3.63) is 41.7 Å². The molecule has 5 heterocycles. The van der Waals surface area contributed by atoms with Crippen molar-refractivity contribution in [2.24, 2.45) is 23.7 Å². The Morgan fingerprint density at radius 2 is 1.61 bits per heavy atom. The molecule has 0 radical (unpaired) electrons. The molecule has 1 aromatic heterocycles. The zero-order valence-electron chi connectivity index (χ0n) is 49.4. The SMILES string of the molecule is CC[C@H]1OC(=O)[C@H](C)[C@@H](O[C@H]2C[C@@](C)(OC)[C@@H](O)[C@H](C)O2)[C@H](C)[C@@H](O[C@H]2C[C@@H](N(C)CCc3cn([C@H](CF)[C@H](OC)c4ccc(S(=O)(=O)CC5CCOCC5)cc4)nn3)C[C@@H](C)O2)[C@](C)(O)C[C@@H](C)CN(C)[C@H](C)[C@@H](O)[C@]1(C)O. The fraction of sp³-hybridized carbons (Fsp3) is 0.842. The van der Waals surface area contributed by atoms with E-state index in [4.69, 9.17) is 37.9 Å². The number of rotatable bonds is 18. The van der Waals surface area contributed by atoms with Crippen molar-refractivity contribution in [1.29, 1.82) is 0 Å². The number of cyclic esters (lactones) is 1. The molecule has 6 rings (SSSR count). The average molecular weight is 1140 g/mol. The highest BCUT2D eigenvalue weighted by molar-refractivity contribution is 7.91. The fourth-order valence-corrected chi connectivity index (χ4v) is 14.4. The first kappa shape index (κ1) is 65.3. The lowest BCUT2D eigenvalue weighted by Crippen LogP contribution is -2.59. The number of nitrogens with zero attached hydrogens (tertiary/aromatic N) is 5. The van der Waals surface area contributed by atoms with Gasteiger partial charge in [0.15, 0.2) is 22.4 Å². The van der Waals surface area contributed by atoms with Crippen LogP contribution in [0.2, 0.25) is 0 Å². The topological polar surface area (TPSA) is 243 Å². The molecule has 4 aliphatic heterocycles. The Bertz CT molecular complexity index is 2330. The molecule has 0 aliphatic carbocycles. The smallest absolute Gasteiger partial charge is 0.311 e. The maximum Gasteiger partial charge on any atom is 0.311 e. The van der Waals surface area contributed by atoms with E-state index in [1.165, 1.54) is 25.8 Å². The number of carbonyl (C=O) groups is 1. The van der Waals surface area contributed by atoms with Crippen molar-refractivity contribution in [2.45, 2.75) is 222 Å². The monoisotopic (exact) mass is 1140 g/mol. The Kier molecular flexibility index (Phi) is 22.9. The predicted molar refractivity (Wildman–Crippen MR) is 292 cm³/mol. The summed E-state index contributed by atoms with van der Waals surface area (Å²) in [4.78, 5) is 18.9. The number of sulfone groups is 1. The molecule has 0 saturated carbocycles. The van der Waals surface area contributed by atoms with Crippen molar-refractivity contribution in [3.63, 3.8) is 0 Å². The second kappa shape index (κ2) is 27.7. The highest BCUT2D eigenvalue weighted by Gasteiger charge is 2.52. The lowest BCUT2D eigenvalue weighted by Gasteiger charge is -2.48. The quantitative estimate of drug-likeness (QED) is 0.140. The molecular weight excluding hydrogens is 1050 g/mol. The molecule has 452 valence electrons. The van der Waals surface area contributed by atoms with Gasteiger partial charge in [0.05, 0.1) is 57.9 Å². The largest absolute Gasteiger partial charge is 0.459 e. The zero-order valence-corrected chi connectivity index (χ0v) is 50.2. The molecule has 2 aromatic rings. The summed E-state index contributed by atoms with van der Waals surface area (Å²) in [5, 5.41) is 56.4. The molecule has 4 fully saturated rings. The zero-order chi connectivity index (χ0) is 58.4. The van der Waals surface area contributed by atoms with Gasteiger partial charge in [-0.1, -0.05) is 38.1 Å². The number of likely N-dealkylation sites (N-methyl/N-ethyl adjacent to an activating group) is 2. The first-order valence-corrected chi connectivity index (χ1v) is 30.2. The number of aliphatic hydroxyl groups excluding tert-OH is 2. The van der Waals surface area contributed by atoms with Gasteiger partial charge in [-0.3, -0.25) is 4.79 Å². The minimum atomic E-state index is -3.53. The lowest BCUT2D eigenvalue weighted by molar-refractivity contribution is -0.308. The Morgan fingerprint density at radius 1 is 0.937 bits per heavy atom. The van der Waals surface area contributed by atoms with Crippen LogP contribution in [0.1, 0.15) is 138 Å². The summed E-state index contributed by atoms with van der Waals surface area (Å²) in [5.41, 5.74) is -3.21. The van der Waals surface area contributed by atoms with Crippen molar-refractivity contribution in [2.75, 3.05) is 67.0 Å². The standard InChI is InChI=1S/C57H96FN5O15S/c1-15-46-57(10,68)51(64)38(6)62(12)31-34(2)28-55(8,67)53(36(4)49(37(5)54(66)76-46)77-48-29-56(9,72-14)52(65)39(7)75-48)78-47-27-43(26-35(3)74-47)61(11)23-20-42-32-63(60-59-42)45(30-58)50(71-13)41-16-18-44(19-17-41)79(69,70)33-40-21-24-73-25-22-40/h16-19,32,34-40,43,45-53,64-65,67-68H,15,20-31,33H2,1-14H3/t34-,35-,36+,37-,38-,39+,43+,45-,46-,47+,48+,49+,50-,51-,52+,53-,55-,56-,57-/m1/s1. The van der Waals surface area contributed by atoms with E-state index >= 15 is 0 Å². The van der Waals surface area contributed by atoms with Gasteiger partial charge in [0, 0.05) is 84.0 Å². The molecule has 4 saturated heterocycles. The van der Waals surface area contributed by atoms with Crippen LogP contribution in [0, 0.1) is 23.7 Å². The second-order valence-electron chi connectivity index (χ2n) is 24.3. The molecule has 0 spiro atoms. The minimum absolute atomic E-state index is 0.0391. The molecular formula is C57H96FN5O15S. The number of halogens is 1. The van der Waals surface area contributed by atoms with Gasteiger partial charge in [0.2, 0.25) is 0 Å². The van der Waals surface area contributed by atoms with Crippen LogP contribution in [0.25, 0.3) is 0 Å². The van der Waals surface area contributed by atoms with E-state index < -0.39 is 119 Å². The molecule has 0 amide bonds. The number of hydrogen-bond acceptors (Lipinski definition) is 19. The minimum Gasteiger partial charge on any atom is -0.459 e. The molecule has 4 aliphatic rings. The van der Waals surface area contributed by atoms with E-state index in [0.717, 1.165) is 0 Å². The van der Waals surface area contributed by atoms with Gasteiger partial charge >= 0.3 is 5.97 Å². The fourth-order valence-electron chi connectivity index (χ4n) is 12.7. The van der Waals surface area contributed by atoms with Crippen LogP contribution >= 0.6 is 0 Å². The molecule has 0 unspecified atom stereocenters. The van der Waals surface area contributed by atoms with Crippen molar-refractivity contribution >= 4 is 15.8 Å². The number of esters is 1. The van der Waals surface area contributed by atoms with Gasteiger partial charge in [-0.05, 0) is 124 Å². The summed E-state index contributed by atoms with van der Waals surface area (Å²) < 4.78 is 92.9. The van der Waals surface area contributed by atoms with Gasteiger partial charge in [-0.25, -0.2) is 17.5 Å². The Hall–Kier alpha value is -2.81. The van der Waals surface area contributed by atoms with Crippen LogP contribution in [0.5, 0.6) is 0 Å². The Balaban J connectivity index is 1.21. The van der Waals surface area contributed by atoms with Gasteiger partial charge in [-0.2, -0.15) is 0 Å². The van der Waals surface area contributed by atoms with Gasteiger partial charge in [0.1, 0.15) is 42.7 Å². The number of carbonyl (C=O) groups excluding carboxylic acids is 1. The number of aromatic nitrogens is 3. The maximum absolute atomic E-state index is 15.0. The third-order valence-corrected chi connectivity index (χ3v) is 19.7. The number of hydrogen-bond donors (Lipinski definition) is 4. The molecule has 79 heavy (non-hydrogen) atoms. The predicted octanol–water partition coefficient (Wildman–Crippen LogP) is 5.23. The first-order chi connectivity index (χ1) is 37.1. The molecule has 22 heteroatoms. The normalized spacial score (nSPS) is 38.2. The maximum atomic E-state index is 15.0. The summed E-state index contributed by atoms with van der Waals surface area (Å²) in [7, 11) is 3.32. The molecule has 4 N–H and O–H groups in total. The van der Waals surface area contributed by atoms with Crippen LogP contribution in [0.3, 0.4) is 0 Å². The number of benzene rings is 1. The summed E-state index contributed by atoms with van der Waals surface area (Å²) in [6.07, 6.45) is -3.73. The van der Waals surface area contributed by atoms with E-state index in [2.05, 4.69) is 15.2 Å². The van der Waals surface area contributed by atoms with Crippen molar-refractivity contribution in [1.82, 2.24) is 24.8 Å². The van der Waals surface area contributed by atoms with Gasteiger partial charge < -0.3 is 68.1 Å². The molecule has 20 nitrogen and oxygen atoms in total. The third kappa shape index (κ3) is 15.9. The van der Waals surface area contributed by atoms with Crippen molar-refractivity contribution < 1.29 is 75.9 Å². The van der Waals surface area contributed by atoms with Gasteiger partial charge in [-0.15, -0.1) is 5.10 Å². The summed E-state index contributed by atoms with van der Waals surface area (Å²) in [6.45, 7) is 19.1. The van der Waals surface area contributed by atoms with Crippen LogP contribution in [0.15, 0.2) is 35.4 Å². The van der Waals surface area contributed by atoms with Crippen LogP contribution in [-0.2, 0) is 58.9 Å². The molecule has 19 atom stereocenters. The van der Waals surface area contributed by atoms with Crippen LogP contribution < -0.4 is 0 Å². The van der Waals surface area contributed by atoms with Crippen LogP contribution in [-0.4, -0.2) is 211 Å². The number of alkyl halides is 1. The lowest BCUT2D eigenvalue weighted by atomic mass is 9.77. The highest BCUT2D eigenvalue weighted by atomic mass is 32.2. The Morgan fingerprint density at radius 3 is 2.23 bits per heavy atom. The second-order valence-corrected chi connectivity index (χ2v) is 26.3. The van der Waals surface area contributed by atoms with E-state index in [1.807, 2.05) is 46.7 Å². The van der Waals surface area contributed by atoms with Gasteiger partial charge in [0.25, 0.3) is 0 Å². The van der Waals surface area contributed by atoms with E-state index in [-0.39, 0.29) is 53.9 Å². The summed E-state index contributed by atoms with van der Waals surface area (Å²) >= 11 is 0.